The van der Waals surface area contributed by atoms with Gasteiger partial charge in [-0.1, -0.05) is 19.1 Å². The molecule has 1 aliphatic heterocycles. The number of halogens is 1. The molecule has 1 saturated heterocycles. The molecule has 1 amide bonds. The molecule has 0 saturated carbocycles. The van der Waals surface area contributed by atoms with Crippen LogP contribution in [0.25, 0.3) is 0 Å². The molecule has 2 aliphatic rings. The van der Waals surface area contributed by atoms with Crippen molar-refractivity contribution in [2.24, 2.45) is 0 Å². The van der Waals surface area contributed by atoms with Gasteiger partial charge in [0.2, 0.25) is 0 Å². The number of aryl methyl sites for hydroxylation is 1. The number of nitrogens with zero attached hydrogens (tertiary/aromatic N) is 1. The third kappa shape index (κ3) is 3.47. The van der Waals surface area contributed by atoms with E-state index in [1.54, 1.807) is 0 Å². The van der Waals surface area contributed by atoms with Gasteiger partial charge in [-0.3, -0.25) is 4.79 Å². The summed E-state index contributed by atoms with van der Waals surface area (Å²) >= 11 is 0. The van der Waals surface area contributed by atoms with Gasteiger partial charge in [-0.15, -0.1) is 12.4 Å². The van der Waals surface area contributed by atoms with E-state index in [0.717, 1.165) is 57.3 Å². The lowest BCUT2D eigenvalue weighted by Gasteiger charge is -2.35. The van der Waals surface area contributed by atoms with Crippen LogP contribution in [0, 0.1) is 0 Å². The van der Waals surface area contributed by atoms with Crippen LogP contribution in [0.1, 0.15) is 54.1 Å². The van der Waals surface area contributed by atoms with Crippen LogP contribution in [0.15, 0.2) is 18.2 Å². The minimum absolute atomic E-state index is 0. The fourth-order valence-electron chi connectivity index (χ4n) is 3.78. The summed E-state index contributed by atoms with van der Waals surface area (Å²) in [7, 11) is 0. The fraction of sp³-hybridized carbons (Fsp3) is 0.611. The Kier molecular flexibility index (Phi) is 6.27. The lowest BCUT2D eigenvalue weighted by molar-refractivity contribution is 0.0641. The maximum absolute atomic E-state index is 13.1. The Morgan fingerprint density at radius 2 is 2.05 bits per heavy atom. The van der Waals surface area contributed by atoms with Crippen molar-refractivity contribution < 1.29 is 4.79 Å². The molecule has 0 aromatic heterocycles. The third-order valence-corrected chi connectivity index (χ3v) is 4.85. The quantitative estimate of drug-likeness (QED) is 0.923. The first-order valence-electron chi connectivity index (χ1n) is 8.43. The zero-order chi connectivity index (χ0) is 14.7. The number of carbonyl (C=O) groups is 1. The van der Waals surface area contributed by atoms with E-state index in [1.165, 1.54) is 17.5 Å². The van der Waals surface area contributed by atoms with Crippen LogP contribution in [-0.4, -0.2) is 36.5 Å². The molecule has 22 heavy (non-hydrogen) atoms. The zero-order valence-electron chi connectivity index (χ0n) is 13.4. The molecule has 0 bridgehead atoms. The van der Waals surface area contributed by atoms with E-state index in [2.05, 4.69) is 29.3 Å². The summed E-state index contributed by atoms with van der Waals surface area (Å²) in [4.78, 5) is 15.2. The molecule has 0 atom stereocenters. The molecular formula is C18H27ClN2O. The number of hydrogen-bond donors (Lipinski definition) is 1. The van der Waals surface area contributed by atoms with E-state index in [1.807, 2.05) is 6.07 Å². The van der Waals surface area contributed by atoms with Crippen molar-refractivity contribution >= 4 is 18.3 Å². The molecule has 3 rings (SSSR count). The summed E-state index contributed by atoms with van der Waals surface area (Å²) in [5.74, 6) is 0.266. The van der Waals surface area contributed by atoms with E-state index < -0.39 is 0 Å². The molecule has 4 heteroatoms. The van der Waals surface area contributed by atoms with Gasteiger partial charge >= 0.3 is 0 Å². The van der Waals surface area contributed by atoms with Gasteiger partial charge < -0.3 is 10.2 Å². The molecular weight excluding hydrogens is 296 g/mol. The van der Waals surface area contributed by atoms with Gasteiger partial charge in [0, 0.05) is 18.2 Å². The highest BCUT2D eigenvalue weighted by atomic mass is 35.5. The van der Waals surface area contributed by atoms with Crippen LogP contribution in [0.2, 0.25) is 0 Å². The van der Waals surface area contributed by atoms with Gasteiger partial charge in [0.05, 0.1) is 0 Å². The van der Waals surface area contributed by atoms with E-state index in [9.17, 15) is 4.79 Å². The highest BCUT2D eigenvalue weighted by molar-refractivity contribution is 5.96. The first kappa shape index (κ1) is 17.3. The average molecular weight is 323 g/mol. The summed E-state index contributed by atoms with van der Waals surface area (Å²) in [6.07, 6.45) is 6.61. The lowest BCUT2D eigenvalue weighted by atomic mass is 9.99. The molecule has 0 radical (unpaired) electrons. The highest BCUT2D eigenvalue weighted by Crippen LogP contribution is 2.27. The number of carbonyl (C=O) groups excluding carboxylic acids is 1. The van der Waals surface area contributed by atoms with Crippen molar-refractivity contribution in [3.8, 4) is 0 Å². The predicted octanol–water partition coefficient (Wildman–Crippen LogP) is 3.20. The molecule has 1 N–H and O–H groups in total. The lowest BCUT2D eigenvalue weighted by Crippen LogP contribution is -2.46. The summed E-state index contributed by atoms with van der Waals surface area (Å²) in [5.41, 5.74) is 3.68. The number of benzene rings is 1. The van der Waals surface area contributed by atoms with Gasteiger partial charge in [-0.25, -0.2) is 0 Å². The number of nitrogens with one attached hydrogen (secondary N) is 1. The number of piperidine rings is 1. The summed E-state index contributed by atoms with van der Waals surface area (Å²) < 4.78 is 0. The second-order valence-electron chi connectivity index (χ2n) is 6.28. The van der Waals surface area contributed by atoms with Crippen molar-refractivity contribution in [3.05, 3.63) is 34.9 Å². The van der Waals surface area contributed by atoms with E-state index in [-0.39, 0.29) is 18.3 Å². The standard InChI is InChI=1S/C18H26N2O.ClH/c1-2-13-20(15-9-11-19-12-10-15)18(21)17-8-4-6-14-5-3-7-16(14)17;/h4,6,8,15,19H,2-3,5,7,9-13H2,1H3;1H. The Morgan fingerprint density at radius 1 is 1.27 bits per heavy atom. The SMILES string of the molecule is CCCN(C(=O)c1cccc2c1CCC2)C1CCNCC1.Cl. The molecule has 1 aromatic rings. The molecule has 1 aromatic carbocycles. The Balaban J connectivity index is 0.00000176. The Labute approximate surface area is 139 Å². The smallest absolute Gasteiger partial charge is 0.254 e. The van der Waals surface area contributed by atoms with Gasteiger partial charge in [-0.2, -0.15) is 0 Å². The Bertz CT molecular complexity index is 512. The van der Waals surface area contributed by atoms with Gasteiger partial charge in [-0.05, 0) is 68.8 Å². The first-order chi connectivity index (χ1) is 10.3. The molecule has 1 heterocycles. The van der Waals surface area contributed by atoms with E-state index >= 15 is 0 Å². The van der Waals surface area contributed by atoms with Crippen molar-refractivity contribution in [2.75, 3.05) is 19.6 Å². The average Bonchev–Trinajstić information content (AvgIpc) is 3.01. The number of hydrogen-bond acceptors (Lipinski definition) is 2. The topological polar surface area (TPSA) is 32.3 Å². The number of fused-ring (bicyclic) bond motifs is 1. The monoisotopic (exact) mass is 322 g/mol. The Morgan fingerprint density at radius 3 is 2.77 bits per heavy atom. The fourth-order valence-corrected chi connectivity index (χ4v) is 3.78. The second kappa shape index (κ2) is 7.98. The molecule has 0 unspecified atom stereocenters. The van der Waals surface area contributed by atoms with Gasteiger partial charge in [0.1, 0.15) is 0 Å². The largest absolute Gasteiger partial charge is 0.336 e. The van der Waals surface area contributed by atoms with Crippen LogP contribution in [0.5, 0.6) is 0 Å². The predicted molar refractivity (Wildman–Crippen MR) is 92.9 cm³/mol. The van der Waals surface area contributed by atoms with Gasteiger partial charge in [0.15, 0.2) is 0 Å². The maximum atomic E-state index is 13.1. The summed E-state index contributed by atoms with van der Waals surface area (Å²) in [5, 5.41) is 3.39. The van der Waals surface area contributed by atoms with Crippen molar-refractivity contribution in [1.29, 1.82) is 0 Å². The minimum Gasteiger partial charge on any atom is -0.336 e. The third-order valence-electron chi connectivity index (χ3n) is 4.85. The number of amides is 1. The summed E-state index contributed by atoms with van der Waals surface area (Å²) in [6.45, 7) is 5.11. The van der Waals surface area contributed by atoms with Crippen LogP contribution in [0.4, 0.5) is 0 Å². The molecule has 1 aliphatic carbocycles. The highest BCUT2D eigenvalue weighted by Gasteiger charge is 2.28. The second-order valence-corrected chi connectivity index (χ2v) is 6.28. The van der Waals surface area contributed by atoms with Crippen molar-refractivity contribution in [2.45, 2.75) is 51.5 Å². The maximum Gasteiger partial charge on any atom is 0.254 e. The number of rotatable bonds is 4. The Hall–Kier alpha value is -1.06. The first-order valence-corrected chi connectivity index (χ1v) is 8.43. The van der Waals surface area contributed by atoms with E-state index in [0.29, 0.717) is 6.04 Å². The van der Waals surface area contributed by atoms with Crippen molar-refractivity contribution in [1.82, 2.24) is 10.2 Å². The van der Waals surface area contributed by atoms with Crippen LogP contribution < -0.4 is 5.32 Å². The summed E-state index contributed by atoms with van der Waals surface area (Å²) in [6, 6.07) is 6.70. The van der Waals surface area contributed by atoms with Crippen LogP contribution in [0.3, 0.4) is 0 Å². The van der Waals surface area contributed by atoms with Crippen molar-refractivity contribution in [3.63, 3.8) is 0 Å². The van der Waals surface area contributed by atoms with E-state index in [4.69, 9.17) is 0 Å². The minimum atomic E-state index is 0. The zero-order valence-corrected chi connectivity index (χ0v) is 14.3. The molecule has 1 fully saturated rings. The molecule has 3 nitrogen and oxygen atoms in total. The molecule has 0 spiro atoms. The normalized spacial score (nSPS) is 17.7. The molecule has 122 valence electrons. The van der Waals surface area contributed by atoms with Crippen LogP contribution in [-0.2, 0) is 12.8 Å². The van der Waals surface area contributed by atoms with Gasteiger partial charge in [0.25, 0.3) is 5.91 Å². The van der Waals surface area contributed by atoms with Crippen LogP contribution >= 0.6 is 12.4 Å².